The second kappa shape index (κ2) is 5.22. The Morgan fingerprint density at radius 1 is 1.40 bits per heavy atom. The molecule has 0 spiro atoms. The summed E-state index contributed by atoms with van der Waals surface area (Å²) in [7, 11) is 0. The highest BCUT2D eigenvalue weighted by Gasteiger charge is 2.36. The van der Waals surface area contributed by atoms with Crippen molar-refractivity contribution >= 4 is 11.7 Å². The van der Waals surface area contributed by atoms with Crippen LogP contribution in [0.25, 0.3) is 0 Å². The summed E-state index contributed by atoms with van der Waals surface area (Å²) >= 11 is 0. The molecule has 0 aromatic heterocycles. The maximum atomic E-state index is 12.2. The normalized spacial score (nSPS) is 17.4. The number of aliphatic carboxylic acids is 1. The largest absolute Gasteiger partial charge is 0.573 e. The van der Waals surface area contributed by atoms with Gasteiger partial charge in [0.2, 0.25) is 0 Å². The summed E-state index contributed by atoms with van der Waals surface area (Å²) in [6, 6.07) is 3.39. The van der Waals surface area contributed by atoms with Gasteiger partial charge in [-0.1, -0.05) is 6.42 Å². The number of hydrogen-bond acceptors (Lipinski definition) is 3. The van der Waals surface area contributed by atoms with Crippen molar-refractivity contribution in [2.45, 2.75) is 31.5 Å². The molecular formula is C13H14F3NO3. The van der Waals surface area contributed by atoms with Crippen molar-refractivity contribution in [2.75, 3.05) is 5.73 Å². The van der Waals surface area contributed by atoms with E-state index >= 15 is 0 Å². The van der Waals surface area contributed by atoms with Crippen LogP contribution in [0.3, 0.4) is 0 Å². The molecule has 0 saturated heterocycles. The first kappa shape index (κ1) is 14.5. The lowest BCUT2D eigenvalue weighted by Gasteiger charge is -2.32. The molecule has 0 aliphatic heterocycles. The van der Waals surface area contributed by atoms with Gasteiger partial charge in [-0.25, -0.2) is 0 Å². The van der Waals surface area contributed by atoms with Gasteiger partial charge in [0, 0.05) is 5.69 Å². The van der Waals surface area contributed by atoms with E-state index in [1.54, 1.807) is 0 Å². The quantitative estimate of drug-likeness (QED) is 0.835. The van der Waals surface area contributed by atoms with E-state index in [0.717, 1.165) is 31.4 Å². The van der Waals surface area contributed by atoms with Gasteiger partial charge in [0.25, 0.3) is 0 Å². The van der Waals surface area contributed by atoms with Crippen LogP contribution in [0.15, 0.2) is 18.2 Å². The molecule has 1 unspecified atom stereocenters. The highest BCUT2D eigenvalue weighted by molar-refractivity contribution is 5.79. The summed E-state index contributed by atoms with van der Waals surface area (Å²) < 4.78 is 40.4. The summed E-state index contributed by atoms with van der Waals surface area (Å²) in [6.07, 6.45) is -2.42. The molecule has 1 atom stereocenters. The van der Waals surface area contributed by atoms with Gasteiger partial charge in [0.05, 0.1) is 5.92 Å². The van der Waals surface area contributed by atoms with E-state index in [-0.39, 0.29) is 17.2 Å². The minimum atomic E-state index is -4.82. The van der Waals surface area contributed by atoms with Crippen LogP contribution < -0.4 is 10.5 Å². The number of carboxylic acid groups (broad SMARTS) is 1. The van der Waals surface area contributed by atoms with E-state index in [9.17, 15) is 23.1 Å². The number of carbonyl (C=O) groups is 1. The van der Waals surface area contributed by atoms with Crippen LogP contribution in [0, 0.1) is 5.92 Å². The molecule has 4 nitrogen and oxygen atoms in total. The molecule has 7 heteroatoms. The molecule has 1 saturated carbocycles. The first-order valence-electron chi connectivity index (χ1n) is 6.16. The number of halogens is 3. The van der Waals surface area contributed by atoms with Crippen LogP contribution >= 0.6 is 0 Å². The van der Waals surface area contributed by atoms with Gasteiger partial charge in [-0.3, -0.25) is 4.79 Å². The SMILES string of the molecule is Nc1ccc(OC(F)(F)F)cc1C(C(=O)O)C1CCC1. The maximum Gasteiger partial charge on any atom is 0.573 e. The molecule has 1 aromatic carbocycles. The second-order valence-corrected chi connectivity index (χ2v) is 4.85. The molecule has 0 bridgehead atoms. The van der Waals surface area contributed by atoms with E-state index in [0.29, 0.717) is 0 Å². The van der Waals surface area contributed by atoms with Gasteiger partial charge in [0.1, 0.15) is 5.75 Å². The highest BCUT2D eigenvalue weighted by atomic mass is 19.4. The third-order valence-electron chi connectivity index (χ3n) is 3.51. The number of anilines is 1. The molecule has 3 N–H and O–H groups in total. The molecule has 1 aromatic rings. The van der Waals surface area contributed by atoms with Crippen LogP contribution in [0.5, 0.6) is 5.75 Å². The van der Waals surface area contributed by atoms with Crippen LogP contribution in [0.2, 0.25) is 0 Å². The molecule has 0 radical (unpaired) electrons. The fourth-order valence-electron chi connectivity index (χ4n) is 2.38. The number of alkyl halides is 3. The van der Waals surface area contributed by atoms with Gasteiger partial charge in [-0.15, -0.1) is 13.2 Å². The third-order valence-corrected chi connectivity index (χ3v) is 3.51. The number of hydrogen-bond donors (Lipinski definition) is 2. The summed E-state index contributed by atoms with van der Waals surface area (Å²) in [6.45, 7) is 0. The summed E-state index contributed by atoms with van der Waals surface area (Å²) in [5.74, 6) is -2.51. The molecule has 1 fully saturated rings. The Morgan fingerprint density at radius 2 is 2.05 bits per heavy atom. The Labute approximate surface area is 113 Å². The van der Waals surface area contributed by atoms with E-state index in [2.05, 4.69) is 4.74 Å². The summed E-state index contributed by atoms with van der Waals surface area (Å²) in [5.41, 5.74) is 6.06. The Hall–Kier alpha value is -1.92. The van der Waals surface area contributed by atoms with Crippen LogP contribution in [-0.4, -0.2) is 17.4 Å². The van der Waals surface area contributed by atoms with E-state index in [1.807, 2.05) is 0 Å². The molecule has 110 valence electrons. The van der Waals surface area contributed by atoms with Crippen LogP contribution in [-0.2, 0) is 4.79 Å². The van der Waals surface area contributed by atoms with Crippen molar-refractivity contribution in [2.24, 2.45) is 5.92 Å². The lowest BCUT2D eigenvalue weighted by molar-refractivity contribution is -0.274. The molecule has 20 heavy (non-hydrogen) atoms. The summed E-state index contributed by atoms with van der Waals surface area (Å²) in [5, 5.41) is 9.29. The van der Waals surface area contributed by atoms with E-state index < -0.39 is 24.0 Å². The fourth-order valence-corrected chi connectivity index (χ4v) is 2.38. The first-order chi connectivity index (χ1) is 9.28. The lowest BCUT2D eigenvalue weighted by atomic mass is 9.72. The maximum absolute atomic E-state index is 12.2. The van der Waals surface area contributed by atoms with Crippen molar-refractivity contribution in [3.05, 3.63) is 23.8 Å². The molecule has 1 aliphatic rings. The van der Waals surface area contributed by atoms with Crippen LogP contribution in [0.1, 0.15) is 30.7 Å². The number of rotatable bonds is 4. The van der Waals surface area contributed by atoms with E-state index in [4.69, 9.17) is 5.73 Å². The van der Waals surface area contributed by atoms with Crippen molar-refractivity contribution < 1.29 is 27.8 Å². The van der Waals surface area contributed by atoms with Crippen molar-refractivity contribution in [1.29, 1.82) is 0 Å². The minimum Gasteiger partial charge on any atom is -0.481 e. The van der Waals surface area contributed by atoms with Gasteiger partial charge in [-0.05, 0) is 42.5 Å². The average molecular weight is 289 g/mol. The monoisotopic (exact) mass is 289 g/mol. The van der Waals surface area contributed by atoms with E-state index in [1.165, 1.54) is 6.07 Å². The zero-order valence-electron chi connectivity index (χ0n) is 10.5. The van der Waals surface area contributed by atoms with Crippen LogP contribution in [0.4, 0.5) is 18.9 Å². The number of carboxylic acids is 1. The molecule has 0 amide bonds. The number of ether oxygens (including phenoxy) is 1. The Kier molecular flexibility index (Phi) is 3.78. The highest BCUT2D eigenvalue weighted by Crippen LogP contribution is 2.42. The number of nitrogen functional groups attached to an aromatic ring is 1. The Morgan fingerprint density at radius 3 is 2.50 bits per heavy atom. The number of nitrogens with two attached hydrogens (primary N) is 1. The first-order valence-corrected chi connectivity index (χ1v) is 6.16. The van der Waals surface area contributed by atoms with Gasteiger partial charge >= 0.3 is 12.3 Å². The molecule has 1 aliphatic carbocycles. The zero-order valence-corrected chi connectivity index (χ0v) is 10.5. The van der Waals surface area contributed by atoms with Gasteiger partial charge in [0.15, 0.2) is 0 Å². The molecule has 2 rings (SSSR count). The molecule has 0 heterocycles. The lowest BCUT2D eigenvalue weighted by Crippen LogP contribution is -2.27. The van der Waals surface area contributed by atoms with Crippen molar-refractivity contribution in [1.82, 2.24) is 0 Å². The van der Waals surface area contributed by atoms with Gasteiger partial charge < -0.3 is 15.6 Å². The standard InChI is InChI=1S/C13H14F3NO3/c14-13(15,16)20-8-4-5-10(17)9(6-8)11(12(18)19)7-2-1-3-7/h4-7,11H,1-3,17H2,(H,18,19). The minimum absolute atomic E-state index is 0.0871. The third kappa shape index (κ3) is 3.15. The molecular weight excluding hydrogens is 275 g/mol. The predicted molar refractivity (Wildman–Crippen MR) is 65.3 cm³/mol. The summed E-state index contributed by atoms with van der Waals surface area (Å²) in [4.78, 5) is 11.4. The zero-order chi connectivity index (χ0) is 14.9. The topological polar surface area (TPSA) is 72.5 Å². The van der Waals surface area contributed by atoms with Crippen molar-refractivity contribution in [3.63, 3.8) is 0 Å². The average Bonchev–Trinajstić information content (AvgIpc) is 2.24. The Balaban J connectivity index is 2.33. The predicted octanol–water partition coefficient (Wildman–Crippen LogP) is 3.14. The second-order valence-electron chi connectivity index (χ2n) is 4.85. The Bertz CT molecular complexity index is 512. The van der Waals surface area contributed by atoms with Gasteiger partial charge in [-0.2, -0.15) is 0 Å². The number of benzene rings is 1. The smallest absolute Gasteiger partial charge is 0.481 e. The fraction of sp³-hybridized carbons (Fsp3) is 0.462. The van der Waals surface area contributed by atoms with Crippen molar-refractivity contribution in [3.8, 4) is 5.75 Å².